The van der Waals surface area contributed by atoms with Crippen molar-refractivity contribution in [2.75, 3.05) is 0 Å². The molecule has 1 fully saturated rings. The average Bonchev–Trinajstić information content (AvgIpc) is 2.53. The molecule has 0 unspecified atom stereocenters. The Bertz CT molecular complexity index is 526. The first-order valence-corrected chi connectivity index (χ1v) is 7.75. The van der Waals surface area contributed by atoms with Crippen LogP contribution in [0.4, 0.5) is 0 Å². The smallest absolute Gasteiger partial charge is 0.254 e. The molecular weight excluding hydrogens is 302 g/mol. The summed E-state index contributed by atoms with van der Waals surface area (Å²) in [6.07, 6.45) is 2.31. The second-order valence-electron chi connectivity index (χ2n) is 6.92. The van der Waals surface area contributed by atoms with Crippen LogP contribution < -0.4 is 0 Å². The second-order valence-corrected chi connectivity index (χ2v) is 7.84. The van der Waals surface area contributed by atoms with Crippen LogP contribution in [0.3, 0.4) is 0 Å². The second kappa shape index (κ2) is 4.34. The van der Waals surface area contributed by atoms with Crippen molar-refractivity contribution >= 4 is 21.8 Å². The third-order valence-electron chi connectivity index (χ3n) is 4.68. The number of amides is 1. The lowest BCUT2D eigenvalue weighted by Gasteiger charge is -2.47. The van der Waals surface area contributed by atoms with Gasteiger partial charge in [-0.3, -0.25) is 4.79 Å². The molecular formula is C16H20BrNO. The lowest BCUT2D eigenvalue weighted by atomic mass is 9.65. The van der Waals surface area contributed by atoms with Crippen molar-refractivity contribution in [1.29, 1.82) is 0 Å². The topological polar surface area (TPSA) is 20.3 Å². The highest BCUT2D eigenvalue weighted by Crippen LogP contribution is 2.45. The van der Waals surface area contributed by atoms with Gasteiger partial charge >= 0.3 is 0 Å². The summed E-state index contributed by atoms with van der Waals surface area (Å²) in [6.45, 7) is 7.69. The van der Waals surface area contributed by atoms with E-state index < -0.39 is 0 Å². The molecule has 0 N–H and O–H groups in total. The summed E-state index contributed by atoms with van der Waals surface area (Å²) in [5.41, 5.74) is 2.43. The highest BCUT2D eigenvalue weighted by Gasteiger charge is 2.43. The molecule has 2 aliphatic rings. The standard InChI is InChI=1S/C16H20BrNO/c1-16(2,3)11-6-13(7-11)18-9-10-4-5-12(17)8-14(10)15(18)19/h4-5,8,11,13H,6-7,9H2,1-3H3. The maximum atomic E-state index is 12.4. The minimum absolute atomic E-state index is 0.216. The third-order valence-corrected chi connectivity index (χ3v) is 5.18. The van der Waals surface area contributed by atoms with Crippen LogP contribution in [0.5, 0.6) is 0 Å². The van der Waals surface area contributed by atoms with E-state index in [4.69, 9.17) is 0 Å². The van der Waals surface area contributed by atoms with E-state index in [0.717, 1.165) is 35.3 Å². The molecule has 1 heterocycles. The number of fused-ring (bicyclic) bond motifs is 1. The number of hydrogen-bond donors (Lipinski definition) is 0. The normalized spacial score (nSPS) is 26.3. The molecule has 1 aliphatic heterocycles. The van der Waals surface area contributed by atoms with Gasteiger partial charge in [0, 0.05) is 22.6 Å². The van der Waals surface area contributed by atoms with Gasteiger partial charge in [0.2, 0.25) is 0 Å². The average molecular weight is 322 g/mol. The monoisotopic (exact) mass is 321 g/mol. The number of carbonyl (C=O) groups excluding carboxylic acids is 1. The molecule has 102 valence electrons. The highest BCUT2D eigenvalue weighted by molar-refractivity contribution is 9.10. The van der Waals surface area contributed by atoms with E-state index >= 15 is 0 Å². The Hall–Kier alpha value is -0.830. The van der Waals surface area contributed by atoms with E-state index in [1.54, 1.807) is 0 Å². The van der Waals surface area contributed by atoms with E-state index in [9.17, 15) is 4.79 Å². The fraction of sp³-hybridized carbons (Fsp3) is 0.562. The first-order valence-electron chi connectivity index (χ1n) is 6.95. The van der Waals surface area contributed by atoms with Gasteiger partial charge < -0.3 is 4.90 Å². The van der Waals surface area contributed by atoms with Gasteiger partial charge in [-0.1, -0.05) is 42.8 Å². The SMILES string of the molecule is CC(C)(C)C1CC(N2Cc3ccc(Br)cc3C2=O)C1. The molecule has 1 saturated carbocycles. The summed E-state index contributed by atoms with van der Waals surface area (Å²) in [4.78, 5) is 14.5. The van der Waals surface area contributed by atoms with Gasteiger partial charge in [-0.2, -0.15) is 0 Å². The van der Waals surface area contributed by atoms with Crippen molar-refractivity contribution in [3.8, 4) is 0 Å². The number of hydrogen-bond acceptors (Lipinski definition) is 1. The Morgan fingerprint density at radius 1 is 1.26 bits per heavy atom. The summed E-state index contributed by atoms with van der Waals surface area (Å²) in [6, 6.07) is 6.49. The number of carbonyl (C=O) groups is 1. The van der Waals surface area contributed by atoms with Gasteiger partial charge in [-0.25, -0.2) is 0 Å². The predicted molar refractivity (Wildman–Crippen MR) is 80.0 cm³/mol. The van der Waals surface area contributed by atoms with E-state index in [-0.39, 0.29) is 5.91 Å². The molecule has 0 aromatic heterocycles. The Morgan fingerprint density at radius 2 is 1.95 bits per heavy atom. The maximum absolute atomic E-state index is 12.4. The molecule has 0 bridgehead atoms. The van der Waals surface area contributed by atoms with Gasteiger partial charge in [-0.05, 0) is 41.9 Å². The van der Waals surface area contributed by atoms with E-state index in [0.29, 0.717) is 11.5 Å². The van der Waals surface area contributed by atoms with Crippen LogP contribution in [-0.4, -0.2) is 16.8 Å². The molecule has 0 radical (unpaired) electrons. The van der Waals surface area contributed by atoms with Crippen LogP contribution in [-0.2, 0) is 6.54 Å². The van der Waals surface area contributed by atoms with Crippen LogP contribution in [0.25, 0.3) is 0 Å². The number of nitrogens with zero attached hydrogens (tertiary/aromatic N) is 1. The van der Waals surface area contributed by atoms with Crippen molar-refractivity contribution in [1.82, 2.24) is 4.90 Å². The Labute approximate surface area is 123 Å². The predicted octanol–water partition coefficient (Wildman–Crippen LogP) is 4.23. The molecule has 19 heavy (non-hydrogen) atoms. The first-order chi connectivity index (χ1) is 8.86. The van der Waals surface area contributed by atoms with Crippen molar-refractivity contribution in [2.45, 2.75) is 46.2 Å². The quantitative estimate of drug-likeness (QED) is 0.758. The third kappa shape index (κ3) is 2.22. The number of rotatable bonds is 1. The molecule has 3 rings (SSSR count). The highest BCUT2D eigenvalue weighted by atomic mass is 79.9. The molecule has 2 nitrogen and oxygen atoms in total. The summed E-state index contributed by atoms with van der Waals surface area (Å²) >= 11 is 3.45. The van der Waals surface area contributed by atoms with Crippen LogP contribution in [0, 0.1) is 11.3 Å². The number of halogens is 1. The van der Waals surface area contributed by atoms with Gasteiger partial charge in [-0.15, -0.1) is 0 Å². The number of benzene rings is 1. The zero-order chi connectivity index (χ0) is 13.8. The fourth-order valence-corrected chi connectivity index (χ4v) is 3.50. The molecule has 0 atom stereocenters. The van der Waals surface area contributed by atoms with Crippen molar-refractivity contribution < 1.29 is 4.79 Å². The van der Waals surface area contributed by atoms with Gasteiger partial charge in [0.1, 0.15) is 0 Å². The molecule has 1 amide bonds. The first kappa shape index (κ1) is 13.2. The van der Waals surface area contributed by atoms with Crippen LogP contribution >= 0.6 is 15.9 Å². The van der Waals surface area contributed by atoms with Crippen molar-refractivity contribution in [3.63, 3.8) is 0 Å². The van der Waals surface area contributed by atoms with Crippen LogP contribution in [0.15, 0.2) is 22.7 Å². The molecule has 1 aromatic rings. The Balaban J connectivity index is 1.72. The zero-order valence-corrected chi connectivity index (χ0v) is 13.3. The van der Waals surface area contributed by atoms with E-state index in [1.807, 2.05) is 12.1 Å². The lowest BCUT2D eigenvalue weighted by Crippen LogP contribution is -2.48. The van der Waals surface area contributed by atoms with Crippen LogP contribution in [0.1, 0.15) is 49.5 Å². The van der Waals surface area contributed by atoms with Gasteiger partial charge in [0.25, 0.3) is 5.91 Å². The summed E-state index contributed by atoms with van der Waals surface area (Å²) in [5.74, 6) is 0.967. The van der Waals surface area contributed by atoms with Gasteiger partial charge in [0.15, 0.2) is 0 Å². The molecule has 0 spiro atoms. The Kier molecular flexibility index (Phi) is 3.01. The molecule has 1 aromatic carbocycles. The lowest BCUT2D eigenvalue weighted by molar-refractivity contribution is 0.0202. The zero-order valence-electron chi connectivity index (χ0n) is 11.7. The maximum Gasteiger partial charge on any atom is 0.254 e. The molecule has 1 aliphatic carbocycles. The summed E-state index contributed by atoms with van der Waals surface area (Å²) < 4.78 is 0.989. The Morgan fingerprint density at radius 3 is 2.58 bits per heavy atom. The molecule has 3 heteroatoms. The van der Waals surface area contributed by atoms with Crippen molar-refractivity contribution in [3.05, 3.63) is 33.8 Å². The van der Waals surface area contributed by atoms with E-state index in [2.05, 4.69) is 47.7 Å². The van der Waals surface area contributed by atoms with Crippen LogP contribution in [0.2, 0.25) is 0 Å². The van der Waals surface area contributed by atoms with Gasteiger partial charge in [0.05, 0.1) is 0 Å². The minimum atomic E-state index is 0.216. The van der Waals surface area contributed by atoms with E-state index in [1.165, 1.54) is 5.56 Å². The summed E-state index contributed by atoms with van der Waals surface area (Å²) in [5, 5.41) is 0. The minimum Gasteiger partial charge on any atom is -0.331 e. The molecule has 0 saturated heterocycles. The van der Waals surface area contributed by atoms with Crippen molar-refractivity contribution in [2.24, 2.45) is 11.3 Å². The fourth-order valence-electron chi connectivity index (χ4n) is 3.14. The largest absolute Gasteiger partial charge is 0.331 e. The summed E-state index contributed by atoms with van der Waals surface area (Å²) in [7, 11) is 0.